The topological polar surface area (TPSA) is 88.7 Å². The molecule has 3 N–H and O–H groups in total. The van der Waals surface area contributed by atoms with Gasteiger partial charge in [0.15, 0.2) is 18.3 Å². The molecule has 0 atom stereocenters. The van der Waals surface area contributed by atoms with Crippen molar-refractivity contribution in [2.75, 3.05) is 13.2 Å². The van der Waals surface area contributed by atoms with Crippen LogP contribution >= 0.6 is 28.1 Å². The zero-order valence-corrected chi connectivity index (χ0v) is 21.5. The number of hydrogen-bond donors (Lipinski definition) is 3. The average Bonchev–Trinajstić information content (AvgIpc) is 2.81. The van der Waals surface area contributed by atoms with Crippen LogP contribution in [0.25, 0.3) is 10.8 Å². The predicted octanol–water partition coefficient (Wildman–Crippen LogP) is 4.51. The maximum atomic E-state index is 12.2. The quantitative estimate of drug-likeness (QED) is 0.300. The summed E-state index contributed by atoms with van der Waals surface area (Å²) < 4.78 is 12.2. The third-order valence-electron chi connectivity index (χ3n) is 4.93. The standard InChI is InChI=1S/C25H26BrN3O4S/c1-15(2)20-12-21(26)16(3)10-22(20)33-13-23(30)27-25(34)29-28-24(31)14-32-19-9-8-17-6-4-5-7-18(17)11-19/h4-12,15H,13-14H2,1-3H3,(H,28,31)(H2,27,29,30,34). The number of ether oxygens (including phenoxy) is 2. The van der Waals surface area contributed by atoms with Crippen molar-refractivity contribution in [3.05, 3.63) is 70.2 Å². The third-order valence-corrected chi connectivity index (χ3v) is 5.99. The Morgan fingerprint density at radius 2 is 1.65 bits per heavy atom. The van der Waals surface area contributed by atoms with Gasteiger partial charge in [-0.2, -0.15) is 0 Å². The smallest absolute Gasteiger partial charge is 0.276 e. The van der Waals surface area contributed by atoms with E-state index in [0.29, 0.717) is 11.5 Å². The summed E-state index contributed by atoms with van der Waals surface area (Å²) in [4.78, 5) is 24.3. The fourth-order valence-electron chi connectivity index (χ4n) is 3.15. The van der Waals surface area contributed by atoms with E-state index in [2.05, 4.69) is 45.9 Å². The van der Waals surface area contributed by atoms with E-state index in [4.69, 9.17) is 21.7 Å². The van der Waals surface area contributed by atoms with Crippen LogP contribution in [-0.4, -0.2) is 30.1 Å². The second-order valence-electron chi connectivity index (χ2n) is 7.93. The highest BCUT2D eigenvalue weighted by molar-refractivity contribution is 9.10. The maximum Gasteiger partial charge on any atom is 0.276 e. The lowest BCUT2D eigenvalue weighted by Crippen LogP contribution is -2.50. The molecule has 0 saturated heterocycles. The average molecular weight is 544 g/mol. The van der Waals surface area contributed by atoms with Crippen molar-refractivity contribution < 1.29 is 19.1 Å². The Bertz CT molecular complexity index is 1220. The van der Waals surface area contributed by atoms with Crippen LogP contribution in [0.15, 0.2) is 59.1 Å². The minimum Gasteiger partial charge on any atom is -0.484 e. The SMILES string of the molecule is Cc1cc(OCC(=O)NC(=S)NNC(=O)COc2ccc3ccccc3c2)c(C(C)C)cc1Br. The second-order valence-corrected chi connectivity index (χ2v) is 9.19. The highest BCUT2D eigenvalue weighted by Gasteiger charge is 2.13. The molecule has 0 aliphatic heterocycles. The number of hydrazine groups is 1. The first-order valence-corrected chi connectivity index (χ1v) is 11.9. The summed E-state index contributed by atoms with van der Waals surface area (Å²) in [5, 5.41) is 4.52. The lowest BCUT2D eigenvalue weighted by atomic mass is 10.0. The van der Waals surface area contributed by atoms with E-state index in [1.165, 1.54) is 0 Å². The molecule has 0 fully saturated rings. The van der Waals surface area contributed by atoms with Gasteiger partial charge in [-0.05, 0) is 71.2 Å². The number of aryl methyl sites for hydroxylation is 1. The number of carbonyl (C=O) groups is 2. The van der Waals surface area contributed by atoms with E-state index in [1.54, 1.807) is 6.07 Å². The third kappa shape index (κ3) is 7.16. The Hall–Kier alpha value is -3.17. The van der Waals surface area contributed by atoms with Gasteiger partial charge in [-0.3, -0.25) is 25.8 Å². The number of carbonyl (C=O) groups excluding carboxylic acids is 2. The number of thiocarbonyl (C=S) groups is 1. The Morgan fingerprint density at radius 3 is 2.38 bits per heavy atom. The van der Waals surface area contributed by atoms with Crippen molar-refractivity contribution in [1.29, 1.82) is 0 Å². The molecule has 0 radical (unpaired) electrons. The van der Waals surface area contributed by atoms with E-state index < -0.39 is 11.8 Å². The highest BCUT2D eigenvalue weighted by atomic mass is 79.9. The number of fused-ring (bicyclic) bond motifs is 1. The minimum absolute atomic E-state index is 0.0521. The van der Waals surface area contributed by atoms with Crippen LogP contribution in [0.1, 0.15) is 30.9 Å². The van der Waals surface area contributed by atoms with E-state index in [1.807, 2.05) is 55.5 Å². The molecular weight excluding hydrogens is 518 g/mol. The molecule has 9 heteroatoms. The molecule has 3 aromatic rings. The Morgan fingerprint density at radius 1 is 0.941 bits per heavy atom. The summed E-state index contributed by atoms with van der Waals surface area (Å²) in [6.07, 6.45) is 0. The second kappa shape index (κ2) is 11.8. The van der Waals surface area contributed by atoms with Crippen LogP contribution in [0.3, 0.4) is 0 Å². The van der Waals surface area contributed by atoms with Gasteiger partial charge >= 0.3 is 0 Å². The van der Waals surface area contributed by atoms with Gasteiger partial charge in [0.2, 0.25) is 0 Å². The van der Waals surface area contributed by atoms with Crippen LogP contribution in [0.5, 0.6) is 11.5 Å². The fourth-order valence-corrected chi connectivity index (χ4v) is 3.68. The van der Waals surface area contributed by atoms with Gasteiger partial charge < -0.3 is 9.47 Å². The van der Waals surface area contributed by atoms with Gasteiger partial charge in [0, 0.05) is 4.47 Å². The van der Waals surface area contributed by atoms with Gasteiger partial charge in [0.05, 0.1) is 0 Å². The molecular formula is C25H26BrN3O4S. The highest BCUT2D eigenvalue weighted by Crippen LogP contribution is 2.32. The summed E-state index contributed by atoms with van der Waals surface area (Å²) in [5.74, 6) is 0.543. The van der Waals surface area contributed by atoms with Gasteiger partial charge in [-0.25, -0.2) is 0 Å². The van der Waals surface area contributed by atoms with Gasteiger partial charge in [-0.15, -0.1) is 0 Å². The molecule has 0 aliphatic rings. The van der Waals surface area contributed by atoms with Crippen LogP contribution < -0.4 is 25.6 Å². The number of rotatable bonds is 7. The largest absolute Gasteiger partial charge is 0.484 e. The van der Waals surface area contributed by atoms with Crippen LogP contribution in [0.4, 0.5) is 0 Å². The normalized spacial score (nSPS) is 10.6. The van der Waals surface area contributed by atoms with Gasteiger partial charge in [-0.1, -0.05) is 60.1 Å². The summed E-state index contributed by atoms with van der Waals surface area (Å²) in [6, 6.07) is 17.3. The van der Waals surface area contributed by atoms with Crippen molar-refractivity contribution in [1.82, 2.24) is 16.2 Å². The minimum atomic E-state index is -0.451. The summed E-state index contributed by atoms with van der Waals surface area (Å²) >= 11 is 8.58. The first-order valence-electron chi connectivity index (χ1n) is 10.7. The van der Waals surface area contributed by atoms with E-state index >= 15 is 0 Å². The molecule has 7 nitrogen and oxygen atoms in total. The van der Waals surface area contributed by atoms with Crippen LogP contribution in [-0.2, 0) is 9.59 Å². The maximum absolute atomic E-state index is 12.2. The fraction of sp³-hybridized carbons (Fsp3) is 0.240. The molecule has 178 valence electrons. The number of benzene rings is 3. The molecule has 0 bridgehead atoms. The molecule has 0 saturated carbocycles. The Kier molecular flexibility index (Phi) is 8.84. The summed E-state index contributed by atoms with van der Waals surface area (Å²) in [7, 11) is 0. The molecule has 2 amide bonds. The molecule has 0 heterocycles. The molecule has 0 unspecified atom stereocenters. The molecule has 0 aromatic heterocycles. The monoisotopic (exact) mass is 543 g/mol. The van der Waals surface area contributed by atoms with E-state index in [9.17, 15) is 9.59 Å². The number of nitrogens with one attached hydrogen (secondary N) is 3. The first-order chi connectivity index (χ1) is 16.2. The Balaban J connectivity index is 1.41. The van der Waals surface area contributed by atoms with Crippen molar-refractivity contribution in [3.8, 4) is 11.5 Å². The summed E-state index contributed by atoms with van der Waals surface area (Å²) in [6.45, 7) is 5.62. The molecule has 3 aromatic carbocycles. The predicted molar refractivity (Wildman–Crippen MR) is 140 cm³/mol. The zero-order chi connectivity index (χ0) is 24.7. The van der Waals surface area contributed by atoms with Crippen molar-refractivity contribution in [2.24, 2.45) is 0 Å². The van der Waals surface area contributed by atoms with Gasteiger partial charge in [0.25, 0.3) is 11.8 Å². The zero-order valence-electron chi connectivity index (χ0n) is 19.1. The van der Waals surface area contributed by atoms with Crippen LogP contribution in [0, 0.1) is 6.92 Å². The first kappa shape index (κ1) is 25.5. The Labute approximate surface area is 212 Å². The van der Waals surface area contributed by atoms with Crippen LogP contribution in [0.2, 0.25) is 0 Å². The summed E-state index contributed by atoms with van der Waals surface area (Å²) in [5.41, 5.74) is 6.87. The lowest BCUT2D eigenvalue weighted by molar-refractivity contribution is -0.124. The lowest BCUT2D eigenvalue weighted by Gasteiger charge is -2.16. The van der Waals surface area contributed by atoms with Crippen molar-refractivity contribution in [3.63, 3.8) is 0 Å². The van der Waals surface area contributed by atoms with E-state index in [-0.39, 0.29) is 24.2 Å². The molecule has 3 rings (SSSR count). The van der Waals surface area contributed by atoms with Gasteiger partial charge in [0.1, 0.15) is 11.5 Å². The molecule has 34 heavy (non-hydrogen) atoms. The van der Waals surface area contributed by atoms with Crippen molar-refractivity contribution >= 4 is 55.8 Å². The molecule has 0 spiro atoms. The number of hydrogen-bond acceptors (Lipinski definition) is 5. The number of halogens is 1. The van der Waals surface area contributed by atoms with E-state index in [0.717, 1.165) is 26.4 Å². The number of amides is 2. The molecule has 0 aliphatic carbocycles. The van der Waals surface area contributed by atoms with Crippen molar-refractivity contribution in [2.45, 2.75) is 26.7 Å².